The van der Waals surface area contributed by atoms with E-state index in [0.717, 1.165) is 21.8 Å². The summed E-state index contributed by atoms with van der Waals surface area (Å²) in [6.45, 7) is 9.72. The number of carboxylic acid groups (broad SMARTS) is 1. The van der Waals surface area contributed by atoms with Gasteiger partial charge in [0.25, 0.3) is 0 Å². The van der Waals surface area contributed by atoms with Gasteiger partial charge in [0.05, 0.1) is 0 Å². The van der Waals surface area contributed by atoms with Crippen molar-refractivity contribution in [3.05, 3.63) is 56.5 Å². The van der Waals surface area contributed by atoms with Crippen LogP contribution in [-0.2, 0) is 5.41 Å². The van der Waals surface area contributed by atoms with Crippen LogP contribution in [0.15, 0.2) is 45.3 Å². The molecule has 0 fully saturated rings. The van der Waals surface area contributed by atoms with Crippen LogP contribution in [0.25, 0.3) is 11.1 Å². The first-order chi connectivity index (χ1) is 13.0. The lowest BCUT2D eigenvalue weighted by Gasteiger charge is -2.45. The molecule has 150 valence electrons. The number of hydrogen-bond donors (Lipinski definition) is 2. The van der Waals surface area contributed by atoms with Gasteiger partial charge in [0, 0.05) is 20.9 Å². The van der Waals surface area contributed by atoms with Gasteiger partial charge in [0.15, 0.2) is 0 Å². The summed E-state index contributed by atoms with van der Waals surface area (Å²) in [7, 11) is 0. The van der Waals surface area contributed by atoms with Crippen molar-refractivity contribution in [1.29, 1.82) is 0 Å². The van der Waals surface area contributed by atoms with Crippen molar-refractivity contribution < 1.29 is 9.90 Å². The van der Waals surface area contributed by atoms with Crippen molar-refractivity contribution in [1.82, 2.24) is 5.32 Å². The molecule has 0 spiro atoms. The fraction of sp³-hybridized carbons (Fsp3) is 0.435. The molecule has 0 heterocycles. The zero-order valence-electron chi connectivity index (χ0n) is 16.8. The molecule has 0 aromatic heterocycles. The first-order valence-corrected chi connectivity index (χ1v) is 11.2. The Morgan fingerprint density at radius 3 is 2.00 bits per heavy atom. The molecule has 3 nitrogen and oxygen atoms in total. The number of rotatable bonds is 5. The smallest absolute Gasteiger partial charge is 0.404 e. The highest BCUT2D eigenvalue weighted by Gasteiger charge is 2.48. The summed E-state index contributed by atoms with van der Waals surface area (Å²) in [5, 5.41) is 11.4. The molecule has 0 bridgehead atoms. The highest BCUT2D eigenvalue weighted by Crippen LogP contribution is 2.58. The zero-order valence-corrected chi connectivity index (χ0v) is 19.9. The summed E-state index contributed by atoms with van der Waals surface area (Å²) in [5.74, 6) is 0.346. The van der Waals surface area contributed by atoms with Crippen LogP contribution < -0.4 is 5.32 Å². The summed E-state index contributed by atoms with van der Waals surface area (Å²) in [4.78, 5) is 10.8. The number of halogens is 2. The lowest BCUT2D eigenvalue weighted by molar-refractivity contribution is 0.147. The predicted octanol–water partition coefficient (Wildman–Crippen LogP) is 7.21. The molecule has 28 heavy (non-hydrogen) atoms. The molecule has 1 unspecified atom stereocenters. The SMILES string of the molecule is CC(C)(C)C(CCCNC(=O)O)C1(C)c2cc(Br)ccc2-c2ccc(Br)cc21. The van der Waals surface area contributed by atoms with E-state index in [-0.39, 0.29) is 10.8 Å². The minimum atomic E-state index is -0.956. The Bertz CT molecular complexity index is 850. The summed E-state index contributed by atoms with van der Waals surface area (Å²) in [6, 6.07) is 13.2. The standard InChI is InChI=1S/C23H27Br2NO2/c1-22(2,3)20(6-5-11-26-21(27)28)23(4)18-12-14(24)7-9-16(18)17-10-8-15(25)13-19(17)23/h7-10,12-13,20,26H,5-6,11H2,1-4H3,(H,27,28). The molecule has 5 heteroatoms. The van der Waals surface area contributed by atoms with Gasteiger partial charge in [-0.3, -0.25) is 0 Å². The third-order valence-electron chi connectivity index (χ3n) is 6.06. The van der Waals surface area contributed by atoms with Crippen molar-refractivity contribution in [3.63, 3.8) is 0 Å². The molecule has 2 aromatic carbocycles. The van der Waals surface area contributed by atoms with Crippen molar-refractivity contribution in [2.75, 3.05) is 6.54 Å². The van der Waals surface area contributed by atoms with Gasteiger partial charge in [-0.05, 0) is 70.7 Å². The van der Waals surface area contributed by atoms with E-state index in [1.807, 2.05) is 0 Å². The average Bonchev–Trinajstić information content (AvgIpc) is 2.82. The van der Waals surface area contributed by atoms with Gasteiger partial charge < -0.3 is 10.4 Å². The van der Waals surface area contributed by atoms with Crippen molar-refractivity contribution in [2.24, 2.45) is 11.3 Å². The second kappa shape index (κ2) is 7.83. The molecule has 0 saturated heterocycles. The lowest BCUT2D eigenvalue weighted by atomic mass is 9.59. The van der Waals surface area contributed by atoms with Gasteiger partial charge in [0.2, 0.25) is 0 Å². The first kappa shape index (κ1) is 21.4. The molecule has 0 saturated carbocycles. The van der Waals surface area contributed by atoms with E-state index in [1.165, 1.54) is 22.3 Å². The van der Waals surface area contributed by atoms with E-state index in [9.17, 15) is 4.79 Å². The Morgan fingerprint density at radius 1 is 1.07 bits per heavy atom. The van der Waals surface area contributed by atoms with Crippen LogP contribution >= 0.6 is 31.9 Å². The monoisotopic (exact) mass is 507 g/mol. The second-order valence-corrected chi connectivity index (χ2v) is 10.7. The van der Waals surface area contributed by atoms with Crippen LogP contribution in [0, 0.1) is 11.3 Å². The molecule has 2 N–H and O–H groups in total. The fourth-order valence-electron chi connectivity index (χ4n) is 4.97. The molecule has 1 atom stereocenters. The largest absolute Gasteiger partial charge is 0.465 e. The number of fused-ring (bicyclic) bond motifs is 3. The maximum Gasteiger partial charge on any atom is 0.404 e. The average molecular weight is 509 g/mol. The van der Waals surface area contributed by atoms with Crippen LogP contribution in [0.1, 0.15) is 51.7 Å². The van der Waals surface area contributed by atoms with Gasteiger partial charge in [0.1, 0.15) is 0 Å². The maximum absolute atomic E-state index is 10.8. The normalized spacial score (nSPS) is 15.6. The highest BCUT2D eigenvalue weighted by atomic mass is 79.9. The summed E-state index contributed by atoms with van der Waals surface area (Å²) in [5.41, 5.74) is 5.20. The number of hydrogen-bond acceptors (Lipinski definition) is 1. The number of benzene rings is 2. The molecule has 3 rings (SSSR count). The van der Waals surface area contributed by atoms with Crippen molar-refractivity contribution in [3.8, 4) is 11.1 Å². The summed E-state index contributed by atoms with van der Waals surface area (Å²) in [6.07, 6.45) is 0.803. The molecular weight excluding hydrogens is 482 g/mol. The Hall–Kier alpha value is -1.33. The van der Waals surface area contributed by atoms with Gasteiger partial charge in [-0.25, -0.2) is 4.79 Å². The molecule has 1 aliphatic carbocycles. The molecule has 0 radical (unpaired) electrons. The van der Waals surface area contributed by atoms with Gasteiger partial charge in [-0.1, -0.05) is 71.7 Å². The van der Waals surface area contributed by atoms with Gasteiger partial charge in [-0.2, -0.15) is 0 Å². The Labute approximate surface area is 184 Å². The Balaban J connectivity index is 2.11. The highest BCUT2D eigenvalue weighted by molar-refractivity contribution is 9.10. The molecule has 1 amide bonds. The first-order valence-electron chi connectivity index (χ1n) is 9.62. The van der Waals surface area contributed by atoms with E-state index >= 15 is 0 Å². The fourth-order valence-corrected chi connectivity index (χ4v) is 5.69. The third-order valence-corrected chi connectivity index (χ3v) is 7.05. The third kappa shape index (κ3) is 3.88. The predicted molar refractivity (Wildman–Crippen MR) is 122 cm³/mol. The quantitative estimate of drug-likeness (QED) is 0.419. The number of amides is 1. The Kier molecular flexibility index (Phi) is 5.98. The minimum Gasteiger partial charge on any atom is -0.465 e. The molecular formula is C23H27Br2NO2. The minimum absolute atomic E-state index is 0.0570. The van der Waals surface area contributed by atoms with Gasteiger partial charge in [-0.15, -0.1) is 0 Å². The molecule has 1 aliphatic rings. The second-order valence-electron chi connectivity index (χ2n) is 8.87. The van der Waals surface area contributed by atoms with Crippen molar-refractivity contribution in [2.45, 2.75) is 46.0 Å². The van der Waals surface area contributed by atoms with E-state index in [2.05, 4.69) is 101 Å². The van der Waals surface area contributed by atoms with E-state index in [4.69, 9.17) is 5.11 Å². The van der Waals surface area contributed by atoms with Crippen molar-refractivity contribution >= 4 is 38.0 Å². The number of carbonyl (C=O) groups is 1. The van der Waals surface area contributed by atoms with Crippen LogP contribution in [0.5, 0.6) is 0 Å². The summed E-state index contributed by atoms with van der Waals surface area (Å²) >= 11 is 7.34. The van der Waals surface area contributed by atoms with E-state index in [1.54, 1.807) is 0 Å². The van der Waals surface area contributed by atoms with Crippen LogP contribution in [0.3, 0.4) is 0 Å². The number of nitrogens with one attached hydrogen (secondary N) is 1. The van der Waals surface area contributed by atoms with E-state index < -0.39 is 6.09 Å². The zero-order chi connectivity index (χ0) is 20.7. The lowest BCUT2D eigenvalue weighted by Crippen LogP contribution is -2.40. The molecule has 2 aromatic rings. The van der Waals surface area contributed by atoms with Gasteiger partial charge >= 0.3 is 6.09 Å². The van der Waals surface area contributed by atoms with Crippen LogP contribution in [0.4, 0.5) is 4.79 Å². The van der Waals surface area contributed by atoms with Crippen LogP contribution in [0.2, 0.25) is 0 Å². The summed E-state index contributed by atoms with van der Waals surface area (Å²) < 4.78 is 2.18. The Morgan fingerprint density at radius 2 is 1.57 bits per heavy atom. The molecule has 0 aliphatic heterocycles. The van der Waals surface area contributed by atoms with E-state index in [0.29, 0.717) is 12.5 Å². The van der Waals surface area contributed by atoms with Crippen LogP contribution in [-0.4, -0.2) is 17.7 Å². The maximum atomic E-state index is 10.8. The topological polar surface area (TPSA) is 49.3 Å².